The van der Waals surface area contributed by atoms with Gasteiger partial charge in [-0.2, -0.15) is 0 Å². The van der Waals surface area contributed by atoms with Crippen molar-refractivity contribution in [2.75, 3.05) is 24.5 Å². The fraction of sp³-hybridized carbons (Fsp3) is 0.389. The standard InChI is InChI=1S/C18H23N3/c1-15(17-8-4-5-11-20-17)19-12-6-13-21-14-10-16-7-2-3-9-18(16)21/h2-5,7-9,11,15,19H,6,10,12-14H2,1H3. The molecule has 2 heterocycles. The molecule has 0 amide bonds. The Hall–Kier alpha value is -1.87. The van der Waals surface area contributed by atoms with Gasteiger partial charge >= 0.3 is 0 Å². The first-order valence-corrected chi connectivity index (χ1v) is 7.82. The molecular weight excluding hydrogens is 258 g/mol. The van der Waals surface area contributed by atoms with Gasteiger partial charge in [0.1, 0.15) is 0 Å². The lowest BCUT2D eigenvalue weighted by molar-refractivity contribution is 0.545. The number of hydrogen-bond donors (Lipinski definition) is 1. The molecule has 1 aliphatic rings. The van der Waals surface area contributed by atoms with Crippen LogP contribution in [0.5, 0.6) is 0 Å². The van der Waals surface area contributed by atoms with Gasteiger partial charge in [0, 0.05) is 31.0 Å². The van der Waals surface area contributed by atoms with Crippen molar-refractivity contribution < 1.29 is 0 Å². The van der Waals surface area contributed by atoms with Gasteiger partial charge in [-0.1, -0.05) is 24.3 Å². The maximum absolute atomic E-state index is 4.39. The summed E-state index contributed by atoms with van der Waals surface area (Å²) in [5.74, 6) is 0. The lowest BCUT2D eigenvalue weighted by Gasteiger charge is -2.20. The second-order valence-electron chi connectivity index (χ2n) is 5.65. The summed E-state index contributed by atoms with van der Waals surface area (Å²) in [6.07, 6.45) is 4.20. The van der Waals surface area contributed by atoms with Crippen LogP contribution in [0.15, 0.2) is 48.7 Å². The van der Waals surface area contributed by atoms with Gasteiger partial charge in [0.2, 0.25) is 0 Å². The summed E-state index contributed by atoms with van der Waals surface area (Å²) in [5.41, 5.74) is 4.03. The highest BCUT2D eigenvalue weighted by Gasteiger charge is 2.17. The van der Waals surface area contributed by atoms with Crippen LogP contribution in [0.1, 0.15) is 30.6 Å². The number of para-hydroxylation sites is 1. The fourth-order valence-corrected chi connectivity index (χ4v) is 2.96. The molecule has 1 aliphatic heterocycles. The zero-order valence-corrected chi connectivity index (χ0v) is 12.6. The molecule has 3 heteroatoms. The Morgan fingerprint density at radius 2 is 2.05 bits per heavy atom. The molecule has 1 aromatic heterocycles. The first kappa shape index (κ1) is 14.1. The number of aromatic nitrogens is 1. The Kier molecular flexibility index (Phi) is 4.51. The summed E-state index contributed by atoms with van der Waals surface area (Å²) in [4.78, 5) is 6.89. The third-order valence-corrected chi connectivity index (χ3v) is 4.17. The van der Waals surface area contributed by atoms with Gasteiger partial charge in [0.15, 0.2) is 0 Å². The smallest absolute Gasteiger partial charge is 0.0570 e. The highest BCUT2D eigenvalue weighted by Crippen LogP contribution is 2.27. The number of hydrogen-bond acceptors (Lipinski definition) is 3. The van der Waals surface area contributed by atoms with Crippen LogP contribution in [0.2, 0.25) is 0 Å². The van der Waals surface area contributed by atoms with E-state index in [2.05, 4.69) is 52.5 Å². The van der Waals surface area contributed by atoms with Crippen molar-refractivity contribution in [3.05, 3.63) is 59.9 Å². The van der Waals surface area contributed by atoms with E-state index >= 15 is 0 Å². The summed E-state index contributed by atoms with van der Waals surface area (Å²) in [5, 5.41) is 3.56. The van der Waals surface area contributed by atoms with E-state index in [-0.39, 0.29) is 0 Å². The number of anilines is 1. The largest absolute Gasteiger partial charge is 0.371 e. The molecule has 0 radical (unpaired) electrons. The quantitative estimate of drug-likeness (QED) is 0.824. The summed E-state index contributed by atoms with van der Waals surface area (Å²) >= 11 is 0. The number of nitrogens with one attached hydrogen (secondary N) is 1. The van der Waals surface area contributed by atoms with E-state index in [0.29, 0.717) is 6.04 Å². The Labute approximate surface area is 127 Å². The lowest BCUT2D eigenvalue weighted by Crippen LogP contribution is -2.27. The van der Waals surface area contributed by atoms with Gasteiger partial charge in [-0.3, -0.25) is 4.98 Å². The normalized spacial score (nSPS) is 15.0. The van der Waals surface area contributed by atoms with Crippen molar-refractivity contribution in [1.82, 2.24) is 10.3 Å². The molecule has 0 bridgehead atoms. The van der Waals surface area contributed by atoms with Crippen molar-refractivity contribution in [2.45, 2.75) is 25.8 Å². The third-order valence-electron chi connectivity index (χ3n) is 4.17. The minimum absolute atomic E-state index is 0.317. The molecule has 0 spiro atoms. The van der Waals surface area contributed by atoms with Crippen molar-refractivity contribution in [3.8, 4) is 0 Å². The predicted octanol–water partition coefficient (Wildman–Crippen LogP) is 3.19. The minimum Gasteiger partial charge on any atom is -0.371 e. The molecule has 0 saturated heterocycles. The number of fused-ring (bicyclic) bond motifs is 1. The Bertz CT molecular complexity index is 568. The van der Waals surface area contributed by atoms with E-state index < -0.39 is 0 Å². The zero-order valence-electron chi connectivity index (χ0n) is 12.6. The van der Waals surface area contributed by atoms with Crippen LogP contribution in [0, 0.1) is 0 Å². The molecule has 2 aromatic rings. The average molecular weight is 281 g/mol. The summed E-state index contributed by atoms with van der Waals surface area (Å²) in [6, 6.07) is 15.2. The van der Waals surface area contributed by atoms with Gasteiger partial charge in [0.25, 0.3) is 0 Å². The van der Waals surface area contributed by atoms with Crippen molar-refractivity contribution in [1.29, 1.82) is 0 Å². The molecule has 0 fully saturated rings. The maximum Gasteiger partial charge on any atom is 0.0570 e. The van der Waals surface area contributed by atoms with E-state index in [1.807, 2.05) is 18.3 Å². The van der Waals surface area contributed by atoms with Gasteiger partial charge in [-0.15, -0.1) is 0 Å². The van der Waals surface area contributed by atoms with E-state index in [1.165, 1.54) is 17.7 Å². The molecule has 3 nitrogen and oxygen atoms in total. The second kappa shape index (κ2) is 6.72. The molecule has 0 aliphatic carbocycles. The highest BCUT2D eigenvalue weighted by atomic mass is 15.1. The van der Waals surface area contributed by atoms with Crippen LogP contribution < -0.4 is 10.2 Å². The average Bonchev–Trinajstić information content (AvgIpc) is 2.95. The molecule has 0 saturated carbocycles. The van der Waals surface area contributed by atoms with Gasteiger partial charge in [0.05, 0.1) is 5.69 Å². The monoisotopic (exact) mass is 281 g/mol. The molecule has 21 heavy (non-hydrogen) atoms. The van der Waals surface area contributed by atoms with Crippen molar-refractivity contribution >= 4 is 5.69 Å². The molecule has 1 N–H and O–H groups in total. The molecule has 110 valence electrons. The van der Waals surface area contributed by atoms with Gasteiger partial charge in [-0.25, -0.2) is 0 Å². The van der Waals surface area contributed by atoms with Crippen molar-refractivity contribution in [3.63, 3.8) is 0 Å². The van der Waals surface area contributed by atoms with Gasteiger partial charge in [-0.05, 0) is 50.1 Å². The first-order chi connectivity index (χ1) is 10.3. The molecule has 3 rings (SSSR count). The molecular formula is C18H23N3. The first-order valence-electron chi connectivity index (χ1n) is 7.82. The Morgan fingerprint density at radius 1 is 1.19 bits per heavy atom. The topological polar surface area (TPSA) is 28.2 Å². The predicted molar refractivity (Wildman–Crippen MR) is 87.6 cm³/mol. The van der Waals surface area contributed by atoms with E-state index in [4.69, 9.17) is 0 Å². The van der Waals surface area contributed by atoms with Crippen LogP contribution >= 0.6 is 0 Å². The van der Waals surface area contributed by atoms with E-state index in [9.17, 15) is 0 Å². The summed E-state index contributed by atoms with van der Waals surface area (Å²) < 4.78 is 0. The van der Waals surface area contributed by atoms with Crippen LogP contribution in [0.3, 0.4) is 0 Å². The van der Waals surface area contributed by atoms with Crippen molar-refractivity contribution in [2.24, 2.45) is 0 Å². The van der Waals surface area contributed by atoms with E-state index in [0.717, 1.165) is 31.7 Å². The highest BCUT2D eigenvalue weighted by molar-refractivity contribution is 5.57. The minimum atomic E-state index is 0.317. The van der Waals surface area contributed by atoms with E-state index in [1.54, 1.807) is 0 Å². The third kappa shape index (κ3) is 3.42. The summed E-state index contributed by atoms with van der Waals surface area (Å²) in [6.45, 7) is 5.48. The Balaban J connectivity index is 1.43. The van der Waals surface area contributed by atoms with Crippen LogP contribution in [-0.2, 0) is 6.42 Å². The molecule has 1 unspecified atom stereocenters. The fourth-order valence-electron chi connectivity index (χ4n) is 2.96. The number of rotatable bonds is 6. The Morgan fingerprint density at radius 3 is 2.90 bits per heavy atom. The molecule has 1 aromatic carbocycles. The SMILES string of the molecule is CC(NCCCN1CCc2ccccc21)c1ccccn1. The molecule has 1 atom stereocenters. The number of pyridine rings is 1. The number of benzene rings is 1. The number of nitrogens with zero attached hydrogens (tertiary/aromatic N) is 2. The lowest BCUT2D eigenvalue weighted by atomic mass is 10.2. The zero-order chi connectivity index (χ0) is 14.5. The second-order valence-corrected chi connectivity index (χ2v) is 5.65. The van der Waals surface area contributed by atoms with Crippen LogP contribution in [0.25, 0.3) is 0 Å². The maximum atomic E-state index is 4.39. The van der Waals surface area contributed by atoms with Gasteiger partial charge < -0.3 is 10.2 Å². The van der Waals surface area contributed by atoms with Crippen LogP contribution in [-0.4, -0.2) is 24.6 Å². The van der Waals surface area contributed by atoms with Crippen LogP contribution in [0.4, 0.5) is 5.69 Å². The summed E-state index contributed by atoms with van der Waals surface area (Å²) in [7, 11) is 0.